The molecule has 0 radical (unpaired) electrons. The van der Waals surface area contributed by atoms with Gasteiger partial charge in [-0.25, -0.2) is 0 Å². The lowest BCUT2D eigenvalue weighted by molar-refractivity contribution is -0.512. The van der Waals surface area contributed by atoms with E-state index in [4.69, 9.17) is 10.5 Å². The van der Waals surface area contributed by atoms with E-state index < -0.39 is 0 Å². The van der Waals surface area contributed by atoms with Crippen molar-refractivity contribution < 1.29 is 31.2 Å². The summed E-state index contributed by atoms with van der Waals surface area (Å²) in [5.74, 6) is 1.15. The predicted octanol–water partition coefficient (Wildman–Crippen LogP) is 1.14. The van der Waals surface area contributed by atoms with Crippen molar-refractivity contribution in [2.75, 3.05) is 12.3 Å². The van der Waals surface area contributed by atoms with E-state index in [1.165, 1.54) is 0 Å². The molecule has 0 aliphatic heterocycles. The molecule has 0 unspecified atom stereocenters. The van der Waals surface area contributed by atoms with E-state index >= 15 is 0 Å². The van der Waals surface area contributed by atoms with Gasteiger partial charge < -0.3 is 32.6 Å². The number of benzene rings is 1. The Kier molecular flexibility index (Phi) is 10.7. The Bertz CT molecular complexity index is 752. The number of anilines is 1. The highest BCUT2D eigenvalue weighted by molar-refractivity contribution is 9.10. The Morgan fingerprint density at radius 3 is 2.38 bits per heavy atom. The second-order valence-electron chi connectivity index (χ2n) is 4.51. The Morgan fingerprint density at radius 2 is 1.75 bits per heavy atom. The maximum atomic E-state index is 9.59. The van der Waals surface area contributed by atoms with Crippen molar-refractivity contribution in [2.24, 2.45) is 0 Å². The van der Waals surface area contributed by atoms with Crippen LogP contribution in [0.2, 0.25) is 0 Å². The molecule has 4 nitrogen and oxygen atoms in total. The summed E-state index contributed by atoms with van der Waals surface area (Å²) in [5.41, 5.74) is 7.03. The van der Waals surface area contributed by atoms with Gasteiger partial charge in [0.25, 0.3) is 5.52 Å². The van der Waals surface area contributed by atoms with Gasteiger partial charge in [-0.3, -0.25) is 0 Å². The van der Waals surface area contributed by atoms with Crippen LogP contribution < -0.4 is 31.9 Å². The zero-order valence-electron chi connectivity index (χ0n) is 13.0. The molecule has 0 bridgehead atoms. The lowest BCUT2D eigenvalue weighted by Gasteiger charge is -2.01. The molecule has 130 valence electrons. The summed E-state index contributed by atoms with van der Waals surface area (Å²) in [6.45, 7) is 2.65. The van der Waals surface area contributed by atoms with Gasteiger partial charge in [-0.05, 0) is 53.2 Å². The number of rotatable bonds is 2. The van der Waals surface area contributed by atoms with Crippen molar-refractivity contribution in [3.63, 3.8) is 0 Å². The van der Waals surface area contributed by atoms with Crippen molar-refractivity contribution in [3.05, 3.63) is 65.4 Å². The number of halogens is 3. The van der Waals surface area contributed by atoms with Gasteiger partial charge in [-0.1, -0.05) is 0 Å². The lowest BCUT2D eigenvalue weighted by Crippen LogP contribution is -3.00. The Hall–Kier alpha value is -1.31. The van der Waals surface area contributed by atoms with E-state index in [1.807, 2.05) is 72.2 Å². The molecule has 0 aliphatic carbocycles. The standard InChI is InChI=1S/C9H6BrNO.C8H11NO.2BrH/c10-7-4-6-11-5-2-1-3-8(11)9(7)12;1-2-10-8-5-3-7(9)4-6-8;;/h1-6H;3-6H,2,9H2,1H3;2*1H. The Morgan fingerprint density at radius 1 is 1.08 bits per heavy atom. The summed E-state index contributed by atoms with van der Waals surface area (Å²) in [4.78, 5) is 0. The molecule has 0 atom stereocenters. The molecule has 3 N–H and O–H groups in total. The quantitative estimate of drug-likeness (QED) is 0.392. The molecule has 0 saturated carbocycles. The van der Waals surface area contributed by atoms with Crippen molar-refractivity contribution >= 4 is 44.1 Å². The molecule has 24 heavy (non-hydrogen) atoms. The molecule has 0 amide bonds. The summed E-state index contributed by atoms with van der Waals surface area (Å²) in [7, 11) is 0. The average Bonchev–Trinajstić information content (AvgIpc) is 2.54. The molecule has 7 heteroatoms. The van der Waals surface area contributed by atoms with Gasteiger partial charge in [0, 0.05) is 23.9 Å². The fraction of sp³-hybridized carbons (Fsp3) is 0.118. The molecule has 1 aromatic carbocycles. The first kappa shape index (κ1) is 22.7. The van der Waals surface area contributed by atoms with E-state index in [-0.39, 0.29) is 39.7 Å². The number of aromatic hydroxyl groups is 1. The Labute approximate surface area is 170 Å². The SMILES string of the molecule is Br.CCOc1ccc(N)cc1.Oc1c(Br)cc[n+]2ccccc12.[Br-]. The molecule has 0 aliphatic rings. The fourth-order valence-corrected chi connectivity index (χ4v) is 2.19. The molecule has 3 rings (SSSR count). The van der Waals surface area contributed by atoms with Gasteiger partial charge in [-0.15, -0.1) is 17.0 Å². The lowest BCUT2D eigenvalue weighted by atomic mass is 10.3. The molecular weight excluding hydrogens is 504 g/mol. The van der Waals surface area contributed by atoms with Crippen LogP contribution in [0.5, 0.6) is 11.5 Å². The number of nitrogens with zero attached hydrogens (tertiary/aromatic N) is 1. The van der Waals surface area contributed by atoms with Gasteiger partial charge in [0.1, 0.15) is 5.75 Å². The zero-order chi connectivity index (χ0) is 15.9. The third kappa shape index (κ3) is 6.30. The number of aromatic nitrogens is 1. The Balaban J connectivity index is 0.000000413. The van der Waals surface area contributed by atoms with Crippen molar-refractivity contribution in [2.45, 2.75) is 6.92 Å². The van der Waals surface area contributed by atoms with Crippen molar-refractivity contribution in [3.8, 4) is 11.5 Å². The summed E-state index contributed by atoms with van der Waals surface area (Å²) in [5, 5.41) is 9.59. The average molecular weight is 523 g/mol. The first-order valence-corrected chi connectivity index (χ1v) is 7.67. The molecular formula is C17H19Br3N2O2. The predicted molar refractivity (Wildman–Crippen MR) is 101 cm³/mol. The minimum absolute atomic E-state index is 0. The highest BCUT2D eigenvalue weighted by Gasteiger charge is 2.09. The molecule has 0 saturated heterocycles. The fourth-order valence-electron chi connectivity index (χ4n) is 1.86. The number of pyridine rings is 2. The number of hydrogen-bond acceptors (Lipinski definition) is 3. The normalized spacial score (nSPS) is 9.08. The third-order valence-corrected chi connectivity index (χ3v) is 3.57. The van der Waals surface area contributed by atoms with Crippen LogP contribution in [0.1, 0.15) is 6.92 Å². The van der Waals surface area contributed by atoms with Crippen LogP contribution in [-0.2, 0) is 0 Å². The van der Waals surface area contributed by atoms with Crippen LogP contribution in [0, 0.1) is 0 Å². The van der Waals surface area contributed by atoms with Gasteiger partial charge >= 0.3 is 0 Å². The highest BCUT2D eigenvalue weighted by Crippen LogP contribution is 2.24. The third-order valence-electron chi connectivity index (χ3n) is 2.93. The molecule has 2 aromatic heterocycles. The highest BCUT2D eigenvalue weighted by atomic mass is 79.9. The summed E-state index contributed by atoms with van der Waals surface area (Å²) >= 11 is 3.25. The molecule has 3 aromatic rings. The minimum atomic E-state index is 0. The number of ether oxygens (including phenoxy) is 1. The zero-order valence-corrected chi connectivity index (χ0v) is 17.9. The van der Waals surface area contributed by atoms with Crippen LogP contribution in [0.3, 0.4) is 0 Å². The van der Waals surface area contributed by atoms with Crippen LogP contribution in [0.15, 0.2) is 65.4 Å². The van der Waals surface area contributed by atoms with Gasteiger partial charge in [0.05, 0.1) is 11.1 Å². The summed E-state index contributed by atoms with van der Waals surface area (Å²) < 4.78 is 7.78. The maximum absolute atomic E-state index is 9.59. The van der Waals surface area contributed by atoms with Crippen LogP contribution in [-0.4, -0.2) is 11.7 Å². The second kappa shape index (κ2) is 11.3. The minimum Gasteiger partial charge on any atom is -1.00 e. The van der Waals surface area contributed by atoms with Crippen LogP contribution in [0.25, 0.3) is 5.52 Å². The maximum Gasteiger partial charge on any atom is 0.253 e. The summed E-state index contributed by atoms with van der Waals surface area (Å²) in [6.07, 6.45) is 3.78. The van der Waals surface area contributed by atoms with E-state index in [0.29, 0.717) is 11.1 Å². The number of fused-ring (bicyclic) bond motifs is 1. The number of nitrogen functional groups attached to an aromatic ring is 1. The molecule has 0 spiro atoms. The van der Waals surface area contributed by atoms with Gasteiger partial charge in [0.15, 0.2) is 12.4 Å². The first-order chi connectivity index (χ1) is 10.6. The van der Waals surface area contributed by atoms with Crippen molar-refractivity contribution in [1.29, 1.82) is 0 Å². The number of hydrogen-bond donors (Lipinski definition) is 2. The monoisotopic (exact) mass is 520 g/mol. The second-order valence-corrected chi connectivity index (χ2v) is 5.36. The van der Waals surface area contributed by atoms with E-state index in [9.17, 15) is 5.11 Å². The van der Waals surface area contributed by atoms with E-state index in [1.54, 1.807) is 0 Å². The van der Waals surface area contributed by atoms with Crippen LogP contribution in [0.4, 0.5) is 5.69 Å². The topological polar surface area (TPSA) is 59.6 Å². The molecule has 0 fully saturated rings. The molecule has 2 heterocycles. The van der Waals surface area contributed by atoms with E-state index in [0.717, 1.165) is 17.0 Å². The largest absolute Gasteiger partial charge is 1.00 e. The van der Waals surface area contributed by atoms with Gasteiger partial charge in [-0.2, -0.15) is 4.40 Å². The first-order valence-electron chi connectivity index (χ1n) is 6.87. The number of nitrogens with two attached hydrogens (primary N) is 1. The van der Waals surface area contributed by atoms with Gasteiger partial charge in [0.2, 0.25) is 5.75 Å². The van der Waals surface area contributed by atoms with E-state index in [2.05, 4.69) is 15.9 Å². The summed E-state index contributed by atoms with van der Waals surface area (Å²) in [6, 6.07) is 14.8. The van der Waals surface area contributed by atoms with Crippen molar-refractivity contribution in [1.82, 2.24) is 0 Å². The van der Waals surface area contributed by atoms with Crippen LogP contribution >= 0.6 is 32.9 Å². The smallest absolute Gasteiger partial charge is 0.253 e.